The first-order valence-electron chi connectivity index (χ1n) is 5.02. The molecule has 1 aromatic carbocycles. The van der Waals surface area contributed by atoms with Gasteiger partial charge in [-0.1, -0.05) is 0 Å². The molecular formula is C13H13FO2. The van der Waals surface area contributed by atoms with E-state index in [1.165, 1.54) is 19.1 Å². The SMILES string of the molecule is C#CCCCOc1ccc(C(C)=O)c(F)c1. The molecule has 0 saturated carbocycles. The monoisotopic (exact) mass is 220 g/mol. The molecule has 0 aliphatic rings. The molecule has 1 rings (SSSR count). The molecule has 0 spiro atoms. The second-order valence-corrected chi connectivity index (χ2v) is 3.35. The minimum absolute atomic E-state index is 0.0796. The van der Waals surface area contributed by atoms with E-state index < -0.39 is 5.82 Å². The van der Waals surface area contributed by atoms with Gasteiger partial charge in [0.1, 0.15) is 11.6 Å². The van der Waals surface area contributed by atoms with Crippen LogP contribution >= 0.6 is 0 Å². The van der Waals surface area contributed by atoms with Crippen molar-refractivity contribution in [2.24, 2.45) is 0 Å². The van der Waals surface area contributed by atoms with E-state index in [9.17, 15) is 9.18 Å². The molecule has 84 valence electrons. The molecule has 0 unspecified atom stereocenters. The lowest BCUT2D eigenvalue weighted by atomic mass is 10.1. The van der Waals surface area contributed by atoms with Crippen LogP contribution in [0, 0.1) is 18.2 Å². The maximum Gasteiger partial charge on any atom is 0.162 e. The number of benzene rings is 1. The molecule has 0 aromatic heterocycles. The maximum absolute atomic E-state index is 13.3. The van der Waals surface area contributed by atoms with Crippen molar-refractivity contribution in [1.29, 1.82) is 0 Å². The van der Waals surface area contributed by atoms with Crippen LogP contribution in [-0.4, -0.2) is 12.4 Å². The van der Waals surface area contributed by atoms with Crippen molar-refractivity contribution < 1.29 is 13.9 Å². The summed E-state index contributed by atoms with van der Waals surface area (Å²) in [4.78, 5) is 11.0. The van der Waals surface area contributed by atoms with Gasteiger partial charge in [-0.25, -0.2) is 4.39 Å². The van der Waals surface area contributed by atoms with E-state index in [2.05, 4.69) is 5.92 Å². The average Bonchev–Trinajstić information content (AvgIpc) is 2.24. The lowest BCUT2D eigenvalue weighted by Gasteiger charge is -2.06. The summed E-state index contributed by atoms with van der Waals surface area (Å²) >= 11 is 0. The van der Waals surface area contributed by atoms with Crippen LogP contribution in [0.1, 0.15) is 30.1 Å². The number of Topliss-reactive ketones (excluding diaryl/α,β-unsaturated/α-hetero) is 1. The van der Waals surface area contributed by atoms with Crippen molar-refractivity contribution in [3.05, 3.63) is 29.6 Å². The topological polar surface area (TPSA) is 26.3 Å². The molecule has 0 fully saturated rings. The molecule has 16 heavy (non-hydrogen) atoms. The van der Waals surface area contributed by atoms with Gasteiger partial charge in [-0.05, 0) is 25.5 Å². The van der Waals surface area contributed by atoms with Gasteiger partial charge in [0, 0.05) is 12.5 Å². The molecule has 0 aliphatic carbocycles. The Bertz CT molecular complexity index is 418. The number of ether oxygens (including phenoxy) is 1. The third kappa shape index (κ3) is 3.39. The van der Waals surface area contributed by atoms with E-state index in [1.54, 1.807) is 6.07 Å². The van der Waals surface area contributed by atoms with Crippen molar-refractivity contribution >= 4 is 5.78 Å². The highest BCUT2D eigenvalue weighted by atomic mass is 19.1. The van der Waals surface area contributed by atoms with Crippen LogP contribution in [0.5, 0.6) is 5.75 Å². The van der Waals surface area contributed by atoms with E-state index in [-0.39, 0.29) is 11.3 Å². The van der Waals surface area contributed by atoms with E-state index >= 15 is 0 Å². The molecule has 0 saturated heterocycles. The van der Waals surface area contributed by atoms with Crippen LogP contribution in [0.3, 0.4) is 0 Å². The zero-order chi connectivity index (χ0) is 12.0. The third-order valence-electron chi connectivity index (χ3n) is 2.05. The number of hydrogen-bond acceptors (Lipinski definition) is 2. The number of ketones is 1. The highest BCUT2D eigenvalue weighted by Gasteiger charge is 2.07. The number of carbonyl (C=O) groups excluding carboxylic acids is 1. The molecule has 0 atom stereocenters. The van der Waals surface area contributed by atoms with Gasteiger partial charge in [-0.2, -0.15) is 0 Å². The quantitative estimate of drug-likeness (QED) is 0.433. The van der Waals surface area contributed by atoms with Crippen molar-refractivity contribution in [3.63, 3.8) is 0 Å². The lowest BCUT2D eigenvalue weighted by molar-refractivity contribution is 0.101. The smallest absolute Gasteiger partial charge is 0.162 e. The highest BCUT2D eigenvalue weighted by Crippen LogP contribution is 2.17. The summed E-state index contributed by atoms with van der Waals surface area (Å²) in [6.07, 6.45) is 6.44. The Kier molecular flexibility index (Phi) is 4.53. The molecule has 0 bridgehead atoms. The van der Waals surface area contributed by atoms with E-state index in [0.29, 0.717) is 18.8 Å². The summed E-state index contributed by atoms with van der Waals surface area (Å²) in [7, 11) is 0. The molecule has 0 radical (unpaired) electrons. The molecular weight excluding hydrogens is 207 g/mol. The fourth-order valence-electron chi connectivity index (χ4n) is 1.24. The molecule has 0 amide bonds. The fraction of sp³-hybridized carbons (Fsp3) is 0.308. The molecule has 0 N–H and O–H groups in total. The van der Waals surface area contributed by atoms with Gasteiger partial charge in [0.05, 0.1) is 12.2 Å². The summed E-state index contributed by atoms with van der Waals surface area (Å²) < 4.78 is 18.6. The Hall–Kier alpha value is -1.82. The number of hydrogen-bond donors (Lipinski definition) is 0. The third-order valence-corrected chi connectivity index (χ3v) is 2.05. The lowest BCUT2D eigenvalue weighted by Crippen LogP contribution is -2.00. The fourth-order valence-corrected chi connectivity index (χ4v) is 1.24. The van der Waals surface area contributed by atoms with Crippen molar-refractivity contribution in [1.82, 2.24) is 0 Å². The number of carbonyl (C=O) groups is 1. The Morgan fingerprint density at radius 1 is 1.56 bits per heavy atom. The molecule has 0 heterocycles. The molecule has 0 aliphatic heterocycles. The molecule has 2 nitrogen and oxygen atoms in total. The van der Waals surface area contributed by atoms with E-state index in [4.69, 9.17) is 11.2 Å². The zero-order valence-electron chi connectivity index (χ0n) is 9.13. The van der Waals surface area contributed by atoms with Gasteiger partial charge in [0.25, 0.3) is 0 Å². The van der Waals surface area contributed by atoms with E-state index in [0.717, 1.165) is 6.42 Å². The van der Waals surface area contributed by atoms with Crippen LogP contribution in [0.15, 0.2) is 18.2 Å². The van der Waals surface area contributed by atoms with Gasteiger partial charge < -0.3 is 4.74 Å². The Morgan fingerprint density at radius 3 is 2.88 bits per heavy atom. The first-order valence-corrected chi connectivity index (χ1v) is 5.02. The minimum atomic E-state index is -0.554. The van der Waals surface area contributed by atoms with Gasteiger partial charge in [0.15, 0.2) is 5.78 Å². The van der Waals surface area contributed by atoms with E-state index in [1.807, 2.05) is 0 Å². The maximum atomic E-state index is 13.3. The van der Waals surface area contributed by atoms with Gasteiger partial charge in [-0.15, -0.1) is 12.3 Å². The Morgan fingerprint density at radius 2 is 2.31 bits per heavy atom. The summed E-state index contributed by atoms with van der Waals surface area (Å²) in [5, 5.41) is 0. The van der Waals surface area contributed by atoms with Gasteiger partial charge in [-0.3, -0.25) is 4.79 Å². The number of unbranched alkanes of at least 4 members (excludes halogenated alkanes) is 1. The largest absolute Gasteiger partial charge is 0.493 e. The van der Waals surface area contributed by atoms with Crippen molar-refractivity contribution in [3.8, 4) is 18.1 Å². The minimum Gasteiger partial charge on any atom is -0.493 e. The second-order valence-electron chi connectivity index (χ2n) is 3.35. The normalized spacial score (nSPS) is 9.56. The van der Waals surface area contributed by atoms with Crippen molar-refractivity contribution in [2.75, 3.05) is 6.61 Å². The molecule has 1 aromatic rings. The molecule has 3 heteroatoms. The summed E-state index contributed by atoms with van der Waals surface area (Å²) in [6.45, 7) is 1.77. The number of terminal acetylenes is 1. The van der Waals surface area contributed by atoms with Gasteiger partial charge >= 0.3 is 0 Å². The number of rotatable bonds is 5. The predicted molar refractivity (Wildman–Crippen MR) is 60.0 cm³/mol. The van der Waals surface area contributed by atoms with Crippen LogP contribution in [-0.2, 0) is 0 Å². The zero-order valence-corrected chi connectivity index (χ0v) is 9.13. The first kappa shape index (κ1) is 12.3. The van der Waals surface area contributed by atoms with Crippen LogP contribution in [0.4, 0.5) is 4.39 Å². The second kappa shape index (κ2) is 5.92. The Labute approximate surface area is 94.4 Å². The summed E-state index contributed by atoms with van der Waals surface area (Å²) in [5.41, 5.74) is 0.0796. The van der Waals surface area contributed by atoms with Crippen molar-refractivity contribution in [2.45, 2.75) is 19.8 Å². The van der Waals surface area contributed by atoms with Crippen LogP contribution < -0.4 is 4.74 Å². The predicted octanol–water partition coefficient (Wildman–Crippen LogP) is 2.82. The van der Waals surface area contributed by atoms with Gasteiger partial charge in [0.2, 0.25) is 0 Å². The average molecular weight is 220 g/mol. The summed E-state index contributed by atoms with van der Waals surface area (Å²) in [5.74, 6) is 2.06. The summed E-state index contributed by atoms with van der Waals surface area (Å²) in [6, 6.07) is 4.22. The highest BCUT2D eigenvalue weighted by molar-refractivity contribution is 5.94. The number of halogens is 1. The standard InChI is InChI=1S/C13H13FO2/c1-3-4-5-8-16-11-6-7-12(10(2)15)13(14)9-11/h1,6-7,9H,4-5,8H2,2H3. The van der Waals surface area contributed by atoms with Crippen LogP contribution in [0.25, 0.3) is 0 Å². The van der Waals surface area contributed by atoms with Crippen LogP contribution in [0.2, 0.25) is 0 Å². The first-order chi connectivity index (χ1) is 7.65. The Balaban J connectivity index is 2.60.